The van der Waals surface area contributed by atoms with Crippen molar-refractivity contribution in [3.63, 3.8) is 0 Å². The Morgan fingerprint density at radius 3 is 1.78 bits per heavy atom. The molecule has 0 bridgehead atoms. The van der Waals surface area contributed by atoms with Crippen LogP contribution in [0.5, 0.6) is 0 Å². The van der Waals surface area contributed by atoms with Crippen molar-refractivity contribution < 1.29 is 9.90 Å². The quantitative estimate of drug-likeness (QED) is 0.138. The lowest BCUT2D eigenvalue weighted by Gasteiger charge is -2.37. The number of carboxylic acids is 1. The third kappa shape index (κ3) is 8.43. The zero-order chi connectivity index (χ0) is 26.2. The van der Waals surface area contributed by atoms with Crippen LogP contribution in [0.15, 0.2) is 104 Å². The van der Waals surface area contributed by atoms with Crippen LogP contribution in [0.3, 0.4) is 0 Å². The molecular formula is C32H39N3O2. The maximum atomic E-state index is 10.8. The second-order valence-electron chi connectivity index (χ2n) is 9.16. The van der Waals surface area contributed by atoms with Crippen LogP contribution in [0.4, 0.5) is 0 Å². The van der Waals surface area contributed by atoms with Gasteiger partial charge < -0.3 is 10.1 Å². The van der Waals surface area contributed by atoms with Gasteiger partial charge in [0.2, 0.25) is 0 Å². The molecule has 37 heavy (non-hydrogen) atoms. The number of hydrogen-bond acceptors (Lipinski definition) is 3. The Morgan fingerprint density at radius 1 is 0.811 bits per heavy atom. The van der Waals surface area contributed by atoms with Gasteiger partial charge in [0.15, 0.2) is 0 Å². The monoisotopic (exact) mass is 497 g/mol. The Balaban J connectivity index is 0.000000319. The second-order valence-corrected chi connectivity index (χ2v) is 9.16. The average Bonchev–Trinajstić information content (AvgIpc) is 3.46. The lowest BCUT2D eigenvalue weighted by molar-refractivity contribution is -0.137. The lowest BCUT2D eigenvalue weighted by atomic mass is 9.77. The smallest absolute Gasteiger partial charge is 0.303 e. The molecule has 0 radical (unpaired) electrons. The molecule has 0 fully saturated rings. The third-order valence-corrected chi connectivity index (χ3v) is 6.43. The number of carboxylic acid groups (broad SMARTS) is 1. The van der Waals surface area contributed by atoms with Crippen LogP contribution in [-0.2, 0) is 16.8 Å². The van der Waals surface area contributed by atoms with Crippen molar-refractivity contribution in [1.29, 1.82) is 0 Å². The van der Waals surface area contributed by atoms with Crippen molar-refractivity contribution in [1.82, 2.24) is 15.3 Å². The normalized spacial score (nSPS) is 10.9. The fraction of sp³-hybridized carbons (Fsp3) is 0.312. The van der Waals surface area contributed by atoms with Crippen molar-refractivity contribution in [2.75, 3.05) is 6.54 Å². The number of H-pyrrole nitrogens is 1. The minimum atomic E-state index is -0.740. The predicted octanol–water partition coefficient (Wildman–Crippen LogP) is 6.97. The van der Waals surface area contributed by atoms with Gasteiger partial charge in [0.25, 0.3) is 0 Å². The maximum Gasteiger partial charge on any atom is 0.303 e. The Labute approximate surface area is 221 Å². The van der Waals surface area contributed by atoms with E-state index in [1.807, 2.05) is 24.4 Å². The first-order valence-corrected chi connectivity index (χ1v) is 13.3. The summed E-state index contributed by atoms with van der Waals surface area (Å²) in [5.41, 5.74) is 4.28. The van der Waals surface area contributed by atoms with E-state index in [0.29, 0.717) is 6.42 Å². The molecule has 0 aliphatic carbocycles. The Bertz CT molecular complexity index is 1030. The van der Waals surface area contributed by atoms with E-state index in [1.165, 1.54) is 41.6 Å². The van der Waals surface area contributed by atoms with Crippen LogP contribution < -0.4 is 5.32 Å². The summed E-state index contributed by atoms with van der Waals surface area (Å²) in [5.74, 6) is -0.740. The molecule has 0 atom stereocenters. The first-order chi connectivity index (χ1) is 18.2. The molecule has 4 aromatic rings. The molecule has 0 saturated heterocycles. The van der Waals surface area contributed by atoms with Gasteiger partial charge in [-0.25, -0.2) is 4.98 Å². The SMILES string of the molecule is CCCCCc1cnc[nH]1.O=C(O)CCCCNC(c1ccccc1)(c1ccccc1)c1ccccc1. The summed E-state index contributed by atoms with van der Waals surface area (Å²) in [4.78, 5) is 17.8. The van der Waals surface area contributed by atoms with Crippen molar-refractivity contribution >= 4 is 5.97 Å². The number of aryl methyl sites for hydroxylation is 1. The largest absolute Gasteiger partial charge is 0.481 e. The Morgan fingerprint density at radius 2 is 1.35 bits per heavy atom. The van der Waals surface area contributed by atoms with E-state index in [4.69, 9.17) is 5.11 Å². The highest BCUT2D eigenvalue weighted by Crippen LogP contribution is 2.36. The van der Waals surface area contributed by atoms with Gasteiger partial charge in [-0.1, -0.05) is 111 Å². The van der Waals surface area contributed by atoms with Crippen LogP contribution in [-0.4, -0.2) is 27.6 Å². The van der Waals surface area contributed by atoms with Gasteiger partial charge in [-0.2, -0.15) is 0 Å². The molecule has 1 heterocycles. The van der Waals surface area contributed by atoms with Gasteiger partial charge in [0.05, 0.1) is 11.9 Å². The summed E-state index contributed by atoms with van der Waals surface area (Å²) in [7, 11) is 0. The molecular weight excluding hydrogens is 458 g/mol. The van der Waals surface area contributed by atoms with Gasteiger partial charge in [-0.3, -0.25) is 10.1 Å². The van der Waals surface area contributed by atoms with Gasteiger partial charge in [-0.05, 0) is 48.9 Å². The van der Waals surface area contributed by atoms with Crippen molar-refractivity contribution in [3.05, 3.63) is 126 Å². The molecule has 3 N–H and O–H groups in total. The maximum absolute atomic E-state index is 10.8. The van der Waals surface area contributed by atoms with E-state index in [1.54, 1.807) is 6.33 Å². The number of nitrogens with zero attached hydrogens (tertiary/aromatic N) is 1. The number of imidazole rings is 1. The predicted molar refractivity (Wildman–Crippen MR) is 151 cm³/mol. The van der Waals surface area contributed by atoms with E-state index in [-0.39, 0.29) is 6.42 Å². The van der Waals surface area contributed by atoms with Gasteiger partial charge in [0.1, 0.15) is 0 Å². The number of rotatable bonds is 13. The first-order valence-electron chi connectivity index (χ1n) is 13.3. The lowest BCUT2D eigenvalue weighted by Crippen LogP contribution is -2.45. The number of hydrogen-bond donors (Lipinski definition) is 3. The molecule has 0 saturated carbocycles. The van der Waals surface area contributed by atoms with E-state index in [9.17, 15) is 4.79 Å². The van der Waals surface area contributed by atoms with Gasteiger partial charge in [-0.15, -0.1) is 0 Å². The third-order valence-electron chi connectivity index (χ3n) is 6.43. The molecule has 1 aromatic heterocycles. The molecule has 5 nitrogen and oxygen atoms in total. The molecule has 3 aromatic carbocycles. The van der Waals surface area contributed by atoms with Crippen LogP contribution in [0, 0.1) is 0 Å². The highest BCUT2D eigenvalue weighted by molar-refractivity contribution is 5.66. The average molecular weight is 498 g/mol. The molecule has 0 unspecified atom stereocenters. The first kappa shape index (κ1) is 27.9. The summed E-state index contributed by atoms with van der Waals surface area (Å²) >= 11 is 0. The minimum Gasteiger partial charge on any atom is -0.481 e. The van der Waals surface area contributed by atoms with E-state index in [2.05, 4.69) is 95.0 Å². The van der Waals surface area contributed by atoms with E-state index >= 15 is 0 Å². The number of aliphatic carboxylic acids is 1. The molecule has 194 valence electrons. The summed E-state index contributed by atoms with van der Waals surface area (Å²) in [6.07, 6.45) is 10.3. The van der Waals surface area contributed by atoms with Gasteiger partial charge in [0, 0.05) is 18.3 Å². The molecule has 0 spiro atoms. The van der Waals surface area contributed by atoms with Crippen LogP contribution in [0.2, 0.25) is 0 Å². The fourth-order valence-corrected chi connectivity index (χ4v) is 4.53. The summed E-state index contributed by atoms with van der Waals surface area (Å²) < 4.78 is 0. The molecule has 0 aliphatic heterocycles. The fourth-order valence-electron chi connectivity index (χ4n) is 4.53. The van der Waals surface area contributed by atoms with Crippen LogP contribution in [0.1, 0.15) is 67.8 Å². The van der Waals surface area contributed by atoms with E-state index < -0.39 is 11.5 Å². The van der Waals surface area contributed by atoms with Gasteiger partial charge >= 0.3 is 5.97 Å². The Hall–Kier alpha value is -3.70. The molecule has 5 heteroatoms. The number of carbonyl (C=O) groups is 1. The van der Waals surface area contributed by atoms with Crippen LogP contribution in [0.25, 0.3) is 0 Å². The highest BCUT2D eigenvalue weighted by atomic mass is 16.4. The summed E-state index contributed by atoms with van der Waals surface area (Å²) in [5, 5.41) is 12.6. The number of aromatic nitrogens is 2. The van der Waals surface area contributed by atoms with Crippen LogP contribution >= 0.6 is 0 Å². The topological polar surface area (TPSA) is 78.0 Å². The highest BCUT2D eigenvalue weighted by Gasteiger charge is 2.35. The molecule has 4 rings (SSSR count). The second kappa shape index (κ2) is 15.4. The van der Waals surface area contributed by atoms with Crippen molar-refractivity contribution in [2.24, 2.45) is 0 Å². The Kier molecular flexibility index (Phi) is 11.6. The number of unbranched alkanes of at least 4 members (excludes halogenated alkanes) is 3. The number of benzene rings is 3. The van der Waals surface area contributed by atoms with Crippen molar-refractivity contribution in [2.45, 2.75) is 57.4 Å². The number of aromatic amines is 1. The summed E-state index contributed by atoms with van der Waals surface area (Å²) in [6.45, 7) is 2.94. The minimum absolute atomic E-state index is 0.205. The van der Waals surface area contributed by atoms with E-state index in [0.717, 1.165) is 19.4 Å². The molecule has 0 amide bonds. The molecule has 0 aliphatic rings. The zero-order valence-corrected chi connectivity index (χ0v) is 21.8. The summed E-state index contributed by atoms with van der Waals surface area (Å²) in [6, 6.07) is 31.3. The zero-order valence-electron chi connectivity index (χ0n) is 21.8. The standard InChI is InChI=1S/C24H25NO2.C8H14N2/c26-23(27)18-10-11-19-25-24(20-12-4-1-5-13-20,21-14-6-2-7-15-21)22-16-8-3-9-17-22;1-2-3-4-5-8-6-9-7-10-8/h1-9,12-17,25H,10-11,18-19H2,(H,26,27);6-7H,2-5H2,1H3,(H,9,10). The number of nitrogens with one attached hydrogen (secondary N) is 2. The van der Waals surface area contributed by atoms with Crippen molar-refractivity contribution in [3.8, 4) is 0 Å².